The van der Waals surface area contributed by atoms with Crippen molar-refractivity contribution in [3.63, 3.8) is 0 Å². The molecule has 106 valence electrons. The van der Waals surface area contributed by atoms with Gasteiger partial charge in [0.1, 0.15) is 12.4 Å². The molecule has 0 fully saturated rings. The van der Waals surface area contributed by atoms with Crippen LogP contribution in [0, 0.1) is 5.82 Å². The molecule has 1 aromatic carbocycles. The monoisotopic (exact) mass is 294 g/mol. The molecule has 0 atom stereocenters. The lowest BCUT2D eigenvalue weighted by Crippen LogP contribution is -2.26. The van der Waals surface area contributed by atoms with E-state index in [0.717, 1.165) is 16.4 Å². The van der Waals surface area contributed by atoms with Gasteiger partial charge in [0.15, 0.2) is 5.13 Å². The zero-order valence-electron chi connectivity index (χ0n) is 11.3. The van der Waals surface area contributed by atoms with Crippen molar-refractivity contribution in [2.45, 2.75) is 6.92 Å². The number of benzene rings is 1. The van der Waals surface area contributed by atoms with E-state index >= 15 is 0 Å². The minimum atomic E-state index is -0.284. The molecular weight excluding hydrogens is 279 g/mol. The molecule has 0 aliphatic rings. The minimum Gasteiger partial charge on any atom is -0.465 e. The normalized spacial score (nSPS) is 10.3. The van der Waals surface area contributed by atoms with Crippen molar-refractivity contribution in [2.24, 2.45) is 0 Å². The Morgan fingerprint density at radius 1 is 1.40 bits per heavy atom. The Morgan fingerprint density at radius 2 is 2.10 bits per heavy atom. The molecule has 0 saturated heterocycles. The van der Waals surface area contributed by atoms with Crippen molar-refractivity contribution >= 4 is 22.4 Å². The zero-order valence-corrected chi connectivity index (χ0v) is 12.1. The Balaban J connectivity index is 2.08. The number of likely N-dealkylation sites (N-methyl/N-ethyl adjacent to an activating group) is 1. The fraction of sp³-hybridized carbons (Fsp3) is 0.286. The minimum absolute atomic E-state index is 0.157. The molecule has 0 spiro atoms. The largest absolute Gasteiger partial charge is 0.465 e. The lowest BCUT2D eigenvalue weighted by molar-refractivity contribution is -0.141. The molecule has 0 unspecified atom stereocenters. The van der Waals surface area contributed by atoms with Crippen molar-refractivity contribution in [3.05, 3.63) is 35.5 Å². The lowest BCUT2D eigenvalue weighted by Gasteiger charge is -2.13. The lowest BCUT2D eigenvalue weighted by atomic mass is 10.2. The number of esters is 1. The average molecular weight is 294 g/mol. The van der Waals surface area contributed by atoms with Gasteiger partial charge in [0, 0.05) is 18.0 Å². The predicted molar refractivity (Wildman–Crippen MR) is 77.4 cm³/mol. The van der Waals surface area contributed by atoms with E-state index in [1.54, 1.807) is 31.0 Å². The van der Waals surface area contributed by atoms with E-state index in [2.05, 4.69) is 4.98 Å². The van der Waals surface area contributed by atoms with Crippen molar-refractivity contribution in [1.82, 2.24) is 4.98 Å². The second-order valence-electron chi connectivity index (χ2n) is 4.18. The number of nitrogens with zero attached hydrogens (tertiary/aromatic N) is 2. The standard InChI is InChI=1S/C14H15FN2O2S/c1-3-19-13(18)8-17(2)14-16-12(9-20-14)10-4-6-11(15)7-5-10/h4-7,9H,3,8H2,1-2H3. The molecule has 0 amide bonds. The summed E-state index contributed by atoms with van der Waals surface area (Å²) in [6.07, 6.45) is 0. The molecule has 1 heterocycles. The number of anilines is 1. The van der Waals surface area contributed by atoms with Crippen molar-refractivity contribution in [2.75, 3.05) is 25.1 Å². The summed E-state index contributed by atoms with van der Waals surface area (Å²) in [4.78, 5) is 17.6. The van der Waals surface area contributed by atoms with Gasteiger partial charge in [-0.1, -0.05) is 0 Å². The number of carbonyl (C=O) groups is 1. The number of rotatable bonds is 5. The quantitative estimate of drug-likeness (QED) is 0.795. The SMILES string of the molecule is CCOC(=O)CN(C)c1nc(-c2ccc(F)cc2)cs1. The van der Waals surface area contributed by atoms with E-state index in [0.29, 0.717) is 6.61 Å². The first-order valence-electron chi connectivity index (χ1n) is 6.18. The van der Waals surface area contributed by atoms with E-state index in [1.807, 2.05) is 5.38 Å². The van der Waals surface area contributed by atoms with Crippen molar-refractivity contribution in [1.29, 1.82) is 0 Å². The van der Waals surface area contributed by atoms with Crippen LogP contribution < -0.4 is 4.90 Å². The van der Waals surface area contributed by atoms with Gasteiger partial charge in [-0.2, -0.15) is 0 Å². The van der Waals surface area contributed by atoms with Gasteiger partial charge in [-0.3, -0.25) is 4.79 Å². The number of ether oxygens (including phenoxy) is 1. The van der Waals surface area contributed by atoms with Crippen molar-refractivity contribution < 1.29 is 13.9 Å². The van der Waals surface area contributed by atoms with Gasteiger partial charge in [-0.25, -0.2) is 9.37 Å². The number of thiazole rings is 1. The average Bonchev–Trinajstić information content (AvgIpc) is 2.89. The second kappa shape index (κ2) is 6.47. The molecule has 0 aliphatic heterocycles. The Morgan fingerprint density at radius 3 is 2.75 bits per heavy atom. The van der Waals surface area contributed by atoms with Crippen LogP contribution in [-0.4, -0.2) is 31.2 Å². The summed E-state index contributed by atoms with van der Waals surface area (Å²) >= 11 is 1.43. The molecule has 0 aliphatic carbocycles. The highest BCUT2D eigenvalue weighted by Gasteiger charge is 2.12. The summed E-state index contributed by atoms with van der Waals surface area (Å²) in [7, 11) is 1.78. The van der Waals surface area contributed by atoms with Crippen LogP contribution in [0.3, 0.4) is 0 Å². The number of halogens is 1. The number of aromatic nitrogens is 1. The summed E-state index contributed by atoms with van der Waals surface area (Å²) in [6.45, 7) is 2.30. The van der Waals surface area contributed by atoms with Crippen LogP contribution in [0.2, 0.25) is 0 Å². The van der Waals surface area contributed by atoms with Crippen LogP contribution in [0.25, 0.3) is 11.3 Å². The topological polar surface area (TPSA) is 42.4 Å². The van der Waals surface area contributed by atoms with E-state index in [-0.39, 0.29) is 18.3 Å². The van der Waals surface area contributed by atoms with Gasteiger partial charge in [0.2, 0.25) is 0 Å². The second-order valence-corrected chi connectivity index (χ2v) is 5.02. The Labute approximate surface area is 120 Å². The molecule has 1 aromatic heterocycles. The third-order valence-corrected chi connectivity index (χ3v) is 3.59. The zero-order chi connectivity index (χ0) is 14.5. The molecule has 0 N–H and O–H groups in total. The van der Waals surface area contributed by atoms with E-state index in [9.17, 15) is 9.18 Å². The van der Waals surface area contributed by atoms with Gasteiger partial charge < -0.3 is 9.64 Å². The van der Waals surface area contributed by atoms with Crippen LogP contribution in [0.1, 0.15) is 6.92 Å². The Kier molecular flexibility index (Phi) is 4.68. The van der Waals surface area contributed by atoms with E-state index in [1.165, 1.54) is 23.5 Å². The van der Waals surface area contributed by atoms with Crippen LogP contribution in [0.5, 0.6) is 0 Å². The third kappa shape index (κ3) is 3.54. The first-order chi connectivity index (χ1) is 9.60. The van der Waals surface area contributed by atoms with Crippen molar-refractivity contribution in [3.8, 4) is 11.3 Å². The van der Waals surface area contributed by atoms with Gasteiger partial charge in [-0.15, -0.1) is 11.3 Å². The van der Waals surface area contributed by atoms with Gasteiger partial charge in [0.25, 0.3) is 0 Å². The van der Waals surface area contributed by atoms with Crippen LogP contribution in [0.4, 0.5) is 9.52 Å². The fourth-order valence-electron chi connectivity index (χ4n) is 1.66. The number of carbonyl (C=O) groups excluding carboxylic acids is 1. The number of hydrogen-bond donors (Lipinski definition) is 0. The summed E-state index contributed by atoms with van der Waals surface area (Å²) in [5, 5.41) is 2.60. The maximum atomic E-state index is 12.9. The molecule has 2 rings (SSSR count). The first kappa shape index (κ1) is 14.5. The van der Waals surface area contributed by atoms with Gasteiger partial charge in [0.05, 0.1) is 12.3 Å². The molecule has 2 aromatic rings. The highest BCUT2D eigenvalue weighted by atomic mass is 32.1. The molecule has 20 heavy (non-hydrogen) atoms. The highest BCUT2D eigenvalue weighted by molar-refractivity contribution is 7.14. The summed E-state index contributed by atoms with van der Waals surface area (Å²) in [6, 6.07) is 6.16. The predicted octanol–water partition coefficient (Wildman–Crippen LogP) is 2.95. The molecule has 0 saturated carbocycles. The maximum absolute atomic E-state index is 12.9. The molecule has 6 heteroatoms. The highest BCUT2D eigenvalue weighted by Crippen LogP contribution is 2.26. The van der Waals surface area contributed by atoms with Gasteiger partial charge >= 0.3 is 5.97 Å². The molecular formula is C14H15FN2O2S. The maximum Gasteiger partial charge on any atom is 0.325 e. The summed E-state index contributed by atoms with van der Waals surface area (Å²) in [5.41, 5.74) is 1.61. The van der Waals surface area contributed by atoms with Crippen LogP contribution in [0.15, 0.2) is 29.6 Å². The summed E-state index contributed by atoms with van der Waals surface area (Å²) < 4.78 is 17.8. The third-order valence-electron chi connectivity index (χ3n) is 2.63. The fourth-order valence-corrected chi connectivity index (χ4v) is 2.46. The molecule has 4 nitrogen and oxygen atoms in total. The Bertz CT molecular complexity index is 583. The summed E-state index contributed by atoms with van der Waals surface area (Å²) in [5.74, 6) is -0.558. The van der Waals surface area contributed by atoms with Crippen LogP contribution >= 0.6 is 11.3 Å². The van der Waals surface area contributed by atoms with Gasteiger partial charge in [-0.05, 0) is 31.2 Å². The molecule has 0 bridgehead atoms. The van der Waals surface area contributed by atoms with E-state index in [4.69, 9.17) is 4.74 Å². The van der Waals surface area contributed by atoms with Crippen LogP contribution in [-0.2, 0) is 9.53 Å². The number of hydrogen-bond acceptors (Lipinski definition) is 5. The molecule has 0 radical (unpaired) electrons. The smallest absolute Gasteiger partial charge is 0.325 e. The Hall–Kier alpha value is -1.95. The first-order valence-corrected chi connectivity index (χ1v) is 7.06. The van der Waals surface area contributed by atoms with E-state index < -0.39 is 0 Å².